The Labute approximate surface area is 131 Å². The number of rotatable bonds is 3. The molecule has 3 aromatic rings. The SMILES string of the molecule is CNc1nc(Nc2c(Br)cccc2Br)c2[nH]cnc2n1. The monoisotopic (exact) mass is 396 g/mol. The largest absolute Gasteiger partial charge is 0.357 e. The Morgan fingerprint density at radius 2 is 1.90 bits per heavy atom. The predicted octanol–water partition coefficient (Wildman–Crippen LogP) is 3.66. The lowest BCUT2D eigenvalue weighted by Crippen LogP contribution is -2.02. The Hall–Kier alpha value is -1.67. The third-order valence-electron chi connectivity index (χ3n) is 2.72. The van der Waals surface area contributed by atoms with Crippen LogP contribution in [0.3, 0.4) is 0 Å². The van der Waals surface area contributed by atoms with Crippen LogP contribution in [-0.4, -0.2) is 27.0 Å². The summed E-state index contributed by atoms with van der Waals surface area (Å²) < 4.78 is 1.87. The third-order valence-corrected chi connectivity index (χ3v) is 4.04. The molecule has 0 radical (unpaired) electrons. The molecule has 20 heavy (non-hydrogen) atoms. The minimum Gasteiger partial charge on any atom is -0.357 e. The minimum atomic E-state index is 0.510. The van der Waals surface area contributed by atoms with Crippen molar-refractivity contribution in [2.75, 3.05) is 17.7 Å². The zero-order valence-corrected chi connectivity index (χ0v) is 13.6. The lowest BCUT2D eigenvalue weighted by atomic mass is 10.3. The van der Waals surface area contributed by atoms with E-state index in [1.807, 2.05) is 18.2 Å². The fraction of sp³-hybridized carbons (Fsp3) is 0.0833. The van der Waals surface area contributed by atoms with Crippen molar-refractivity contribution < 1.29 is 0 Å². The summed E-state index contributed by atoms with van der Waals surface area (Å²) in [6.07, 6.45) is 1.60. The van der Waals surface area contributed by atoms with Crippen molar-refractivity contribution in [3.63, 3.8) is 0 Å². The van der Waals surface area contributed by atoms with E-state index in [9.17, 15) is 0 Å². The normalized spacial score (nSPS) is 10.8. The quantitative estimate of drug-likeness (QED) is 0.628. The summed E-state index contributed by atoms with van der Waals surface area (Å²) in [5.41, 5.74) is 2.26. The van der Waals surface area contributed by atoms with Gasteiger partial charge in [0.25, 0.3) is 0 Å². The highest BCUT2D eigenvalue weighted by atomic mass is 79.9. The topological polar surface area (TPSA) is 78.5 Å². The van der Waals surface area contributed by atoms with E-state index in [-0.39, 0.29) is 0 Å². The fourth-order valence-corrected chi connectivity index (χ4v) is 2.97. The lowest BCUT2D eigenvalue weighted by molar-refractivity contribution is 1.18. The van der Waals surface area contributed by atoms with Crippen molar-refractivity contribution in [3.05, 3.63) is 33.5 Å². The molecule has 0 spiro atoms. The van der Waals surface area contributed by atoms with E-state index >= 15 is 0 Å². The average Bonchev–Trinajstić information content (AvgIpc) is 2.91. The number of hydrogen-bond donors (Lipinski definition) is 3. The van der Waals surface area contributed by atoms with Gasteiger partial charge in [0.2, 0.25) is 5.95 Å². The van der Waals surface area contributed by atoms with Gasteiger partial charge in [-0.3, -0.25) is 0 Å². The Balaban J connectivity index is 2.12. The summed E-state index contributed by atoms with van der Waals surface area (Å²) in [6.45, 7) is 0. The molecule has 2 heterocycles. The van der Waals surface area contributed by atoms with Crippen molar-refractivity contribution in [3.8, 4) is 0 Å². The number of anilines is 3. The van der Waals surface area contributed by atoms with E-state index in [1.54, 1.807) is 13.4 Å². The van der Waals surface area contributed by atoms with Gasteiger partial charge in [0.15, 0.2) is 11.5 Å². The zero-order chi connectivity index (χ0) is 14.1. The molecule has 0 amide bonds. The maximum absolute atomic E-state index is 4.42. The van der Waals surface area contributed by atoms with Gasteiger partial charge in [-0.2, -0.15) is 9.97 Å². The molecule has 0 aliphatic carbocycles. The Bertz CT molecular complexity index is 749. The average molecular weight is 398 g/mol. The number of benzene rings is 1. The van der Waals surface area contributed by atoms with Gasteiger partial charge >= 0.3 is 0 Å². The third kappa shape index (κ3) is 2.36. The molecule has 0 atom stereocenters. The number of para-hydroxylation sites is 1. The summed E-state index contributed by atoms with van der Waals surface area (Å²) in [6, 6.07) is 5.86. The number of nitrogens with one attached hydrogen (secondary N) is 3. The number of fused-ring (bicyclic) bond motifs is 1. The maximum Gasteiger partial charge on any atom is 0.226 e. The maximum atomic E-state index is 4.42. The highest BCUT2D eigenvalue weighted by Gasteiger charge is 2.12. The highest BCUT2D eigenvalue weighted by Crippen LogP contribution is 2.34. The van der Waals surface area contributed by atoms with Crippen LogP contribution in [-0.2, 0) is 0 Å². The number of hydrogen-bond acceptors (Lipinski definition) is 5. The molecular formula is C12H10Br2N6. The van der Waals surface area contributed by atoms with Crippen molar-refractivity contribution >= 4 is 60.5 Å². The van der Waals surface area contributed by atoms with Gasteiger partial charge in [-0.05, 0) is 44.0 Å². The molecule has 102 valence electrons. The van der Waals surface area contributed by atoms with E-state index in [1.165, 1.54) is 0 Å². The first-order valence-electron chi connectivity index (χ1n) is 5.79. The van der Waals surface area contributed by atoms with Gasteiger partial charge in [-0.1, -0.05) is 6.07 Å². The van der Waals surface area contributed by atoms with Crippen LogP contribution in [0.5, 0.6) is 0 Å². The molecule has 0 unspecified atom stereocenters. The zero-order valence-electron chi connectivity index (χ0n) is 10.4. The number of halogens is 2. The summed E-state index contributed by atoms with van der Waals surface area (Å²) in [5.74, 6) is 1.17. The van der Waals surface area contributed by atoms with E-state index < -0.39 is 0 Å². The number of imidazole rings is 1. The Morgan fingerprint density at radius 1 is 1.15 bits per heavy atom. The molecule has 0 bridgehead atoms. The molecule has 3 N–H and O–H groups in total. The molecule has 0 aliphatic rings. The smallest absolute Gasteiger partial charge is 0.226 e. The van der Waals surface area contributed by atoms with Gasteiger partial charge < -0.3 is 15.6 Å². The summed E-state index contributed by atoms with van der Waals surface area (Å²) in [5, 5.41) is 6.21. The molecule has 0 saturated carbocycles. The second-order valence-corrected chi connectivity index (χ2v) is 5.68. The standard InChI is InChI=1S/C12H10Br2N6/c1-15-12-19-10-9(16-5-17-10)11(20-12)18-8-6(13)3-2-4-7(8)14/h2-5H,1H3,(H3,15,16,17,18,19,20). The minimum absolute atomic E-state index is 0.510. The van der Waals surface area contributed by atoms with Crippen LogP contribution in [0.25, 0.3) is 11.2 Å². The van der Waals surface area contributed by atoms with Gasteiger partial charge in [0.05, 0.1) is 12.0 Å². The van der Waals surface area contributed by atoms with Crippen molar-refractivity contribution in [2.45, 2.75) is 0 Å². The van der Waals surface area contributed by atoms with Crippen molar-refractivity contribution in [2.24, 2.45) is 0 Å². The lowest BCUT2D eigenvalue weighted by Gasteiger charge is -2.11. The van der Waals surface area contributed by atoms with E-state index in [0.29, 0.717) is 17.4 Å². The van der Waals surface area contributed by atoms with Gasteiger partial charge in [-0.25, -0.2) is 4.98 Å². The van der Waals surface area contributed by atoms with Crippen LogP contribution in [0, 0.1) is 0 Å². The second-order valence-electron chi connectivity index (χ2n) is 3.97. The Morgan fingerprint density at radius 3 is 2.60 bits per heavy atom. The molecule has 3 rings (SSSR count). The molecule has 0 saturated heterocycles. The van der Waals surface area contributed by atoms with Gasteiger partial charge in [0, 0.05) is 16.0 Å². The molecule has 0 aliphatic heterocycles. The van der Waals surface area contributed by atoms with Crippen LogP contribution >= 0.6 is 31.9 Å². The number of nitrogens with zero attached hydrogens (tertiary/aromatic N) is 3. The number of aromatic amines is 1. The molecule has 2 aromatic heterocycles. The summed E-state index contributed by atoms with van der Waals surface area (Å²) in [7, 11) is 1.77. The van der Waals surface area contributed by atoms with Gasteiger partial charge in [0.1, 0.15) is 5.52 Å². The van der Waals surface area contributed by atoms with Crippen molar-refractivity contribution in [1.29, 1.82) is 0 Å². The van der Waals surface area contributed by atoms with E-state index in [0.717, 1.165) is 20.1 Å². The van der Waals surface area contributed by atoms with Crippen LogP contribution in [0.4, 0.5) is 17.5 Å². The predicted molar refractivity (Wildman–Crippen MR) is 86.4 cm³/mol. The number of aromatic nitrogens is 4. The molecule has 8 heteroatoms. The summed E-state index contributed by atoms with van der Waals surface area (Å²) >= 11 is 7.04. The first-order chi connectivity index (χ1) is 9.69. The summed E-state index contributed by atoms with van der Waals surface area (Å²) in [4.78, 5) is 15.9. The molecule has 0 fully saturated rings. The molecule has 1 aromatic carbocycles. The first-order valence-corrected chi connectivity index (χ1v) is 7.37. The van der Waals surface area contributed by atoms with E-state index in [4.69, 9.17) is 0 Å². The van der Waals surface area contributed by atoms with Crippen LogP contribution in [0.2, 0.25) is 0 Å². The Kier molecular flexibility index (Phi) is 3.58. The first kappa shape index (κ1) is 13.3. The number of H-pyrrole nitrogens is 1. The van der Waals surface area contributed by atoms with Crippen LogP contribution in [0.1, 0.15) is 0 Å². The van der Waals surface area contributed by atoms with Crippen LogP contribution < -0.4 is 10.6 Å². The van der Waals surface area contributed by atoms with Gasteiger partial charge in [-0.15, -0.1) is 0 Å². The fourth-order valence-electron chi connectivity index (χ4n) is 1.77. The highest BCUT2D eigenvalue weighted by molar-refractivity contribution is 9.11. The van der Waals surface area contributed by atoms with Crippen molar-refractivity contribution in [1.82, 2.24) is 19.9 Å². The van der Waals surface area contributed by atoms with E-state index in [2.05, 4.69) is 62.4 Å². The van der Waals surface area contributed by atoms with Crippen LogP contribution in [0.15, 0.2) is 33.5 Å². The molecule has 6 nitrogen and oxygen atoms in total. The molecular weight excluding hydrogens is 388 g/mol. The second kappa shape index (κ2) is 5.37.